The molecule has 0 aliphatic heterocycles. The van der Waals surface area contributed by atoms with Crippen molar-refractivity contribution in [3.8, 4) is 5.69 Å². The number of aromatic nitrogens is 2. The van der Waals surface area contributed by atoms with Gasteiger partial charge in [0.1, 0.15) is 0 Å². The summed E-state index contributed by atoms with van der Waals surface area (Å²) in [5.74, 6) is -1.61. The molecule has 0 aliphatic carbocycles. The minimum atomic E-state index is -0.940. The van der Waals surface area contributed by atoms with E-state index in [0.717, 1.165) is 5.69 Å². The molecular weight excluding hydrogens is 194 g/mol. The van der Waals surface area contributed by atoms with Gasteiger partial charge < -0.3 is 10.8 Å². The summed E-state index contributed by atoms with van der Waals surface area (Å²) in [6.45, 7) is 0. The lowest BCUT2D eigenvalue weighted by molar-refractivity contribution is -0.114. The second kappa shape index (κ2) is 3.45. The van der Waals surface area contributed by atoms with Crippen LogP contribution in [-0.2, 0) is 4.79 Å². The molecule has 0 bridgehead atoms. The lowest BCUT2D eigenvalue weighted by Crippen LogP contribution is -2.23. The van der Waals surface area contributed by atoms with Gasteiger partial charge in [-0.2, -0.15) is 0 Å². The Morgan fingerprint density at radius 2 is 1.80 bits per heavy atom. The number of nitrogens with zero attached hydrogens (tertiary/aromatic N) is 1. The molecule has 15 heavy (non-hydrogen) atoms. The van der Waals surface area contributed by atoms with Gasteiger partial charge in [-0.15, -0.1) is 0 Å². The third-order valence-electron chi connectivity index (χ3n) is 2.07. The number of Topliss-reactive ketones (excluding diaryl/α,β-unsaturated/α-hetero) is 1. The number of hydrogen-bond donors (Lipinski definition) is 2. The van der Waals surface area contributed by atoms with Gasteiger partial charge in [-0.3, -0.25) is 14.3 Å². The third-order valence-corrected chi connectivity index (χ3v) is 2.07. The molecule has 0 atom stereocenters. The quantitative estimate of drug-likeness (QED) is 0.561. The van der Waals surface area contributed by atoms with Crippen molar-refractivity contribution in [3.05, 3.63) is 42.2 Å². The molecule has 3 N–H and O–H groups in total. The maximum atomic E-state index is 11.2. The number of nitrogens with one attached hydrogen (secondary N) is 1. The second-order valence-corrected chi connectivity index (χ2v) is 3.06. The van der Waals surface area contributed by atoms with Crippen LogP contribution in [0.4, 0.5) is 0 Å². The first-order valence-electron chi connectivity index (χ1n) is 4.35. The van der Waals surface area contributed by atoms with Crippen LogP contribution in [0.1, 0.15) is 10.4 Å². The van der Waals surface area contributed by atoms with E-state index < -0.39 is 11.7 Å². The lowest BCUT2D eigenvalue weighted by Gasteiger charge is -2.09. The first kappa shape index (κ1) is 9.26. The second-order valence-electron chi connectivity index (χ2n) is 3.06. The van der Waals surface area contributed by atoms with Crippen LogP contribution in [0.3, 0.4) is 0 Å². The summed E-state index contributed by atoms with van der Waals surface area (Å²) in [7, 11) is 0. The molecule has 0 fully saturated rings. The van der Waals surface area contributed by atoms with E-state index in [4.69, 9.17) is 5.73 Å². The van der Waals surface area contributed by atoms with Gasteiger partial charge in [-0.05, 0) is 24.3 Å². The zero-order valence-electron chi connectivity index (χ0n) is 7.81. The van der Waals surface area contributed by atoms with E-state index in [9.17, 15) is 9.59 Å². The van der Waals surface area contributed by atoms with E-state index in [2.05, 4.69) is 5.10 Å². The smallest absolute Gasteiger partial charge is 0.289 e. The zero-order valence-corrected chi connectivity index (χ0v) is 7.81. The molecule has 1 amide bonds. The number of H-pyrrole nitrogens is 1. The number of primary amides is 1. The van der Waals surface area contributed by atoms with E-state index in [1.807, 2.05) is 6.20 Å². The Balaban J connectivity index is 2.27. The first-order chi connectivity index (χ1) is 7.18. The molecule has 76 valence electrons. The predicted molar refractivity (Wildman–Crippen MR) is 53.6 cm³/mol. The average molecular weight is 203 g/mol. The molecule has 0 aliphatic rings. The highest BCUT2D eigenvalue weighted by molar-refractivity contribution is 6.42. The molecule has 5 nitrogen and oxygen atoms in total. The fourth-order valence-corrected chi connectivity index (χ4v) is 1.23. The predicted octanol–water partition coefficient (Wildman–Crippen LogP) is 0.473. The number of nitrogens with two attached hydrogens (primary N) is 1. The van der Waals surface area contributed by atoms with Gasteiger partial charge in [-0.1, -0.05) is 0 Å². The molecule has 0 radical (unpaired) electrons. The van der Waals surface area contributed by atoms with E-state index in [1.54, 1.807) is 35.1 Å². The molecule has 0 unspecified atom stereocenters. The van der Waals surface area contributed by atoms with Gasteiger partial charge in [0.05, 0.1) is 5.69 Å². The van der Waals surface area contributed by atoms with Crippen molar-refractivity contribution >= 4 is 11.7 Å². The number of amides is 1. The maximum absolute atomic E-state index is 11.2. The average Bonchev–Trinajstić information content (AvgIpc) is 2.15. The highest BCUT2D eigenvalue weighted by Gasteiger charge is 2.11. The van der Waals surface area contributed by atoms with Gasteiger partial charge in [0.2, 0.25) is 5.78 Å². The summed E-state index contributed by atoms with van der Waals surface area (Å²) in [4.78, 5) is 21.8. The fraction of sp³-hybridized carbons (Fsp3) is 0. The molecule has 1 aromatic carbocycles. The molecule has 0 saturated heterocycles. The molecular formula is C10H9N3O2. The molecule has 1 heterocycles. The van der Waals surface area contributed by atoms with E-state index in [-0.39, 0.29) is 0 Å². The normalized spacial score (nSPS) is 10.1. The lowest BCUT2D eigenvalue weighted by atomic mass is 10.1. The Hall–Kier alpha value is -2.30. The zero-order chi connectivity index (χ0) is 10.8. The van der Waals surface area contributed by atoms with E-state index in [1.165, 1.54) is 0 Å². The van der Waals surface area contributed by atoms with E-state index >= 15 is 0 Å². The van der Waals surface area contributed by atoms with Crippen molar-refractivity contribution in [2.75, 3.05) is 0 Å². The molecule has 1 aromatic heterocycles. The summed E-state index contributed by atoms with van der Waals surface area (Å²) in [5.41, 5.74) is 6.07. The van der Waals surface area contributed by atoms with Gasteiger partial charge in [0, 0.05) is 18.0 Å². The van der Waals surface area contributed by atoms with Crippen molar-refractivity contribution in [1.29, 1.82) is 0 Å². The SMILES string of the molecule is NC(=O)C(=O)c1ccc(-n2cc[nH]2)cc1. The highest BCUT2D eigenvalue weighted by Crippen LogP contribution is 2.09. The summed E-state index contributed by atoms with van der Waals surface area (Å²) >= 11 is 0. The molecule has 0 spiro atoms. The van der Waals surface area contributed by atoms with Crippen LogP contribution in [0, 0.1) is 0 Å². The van der Waals surface area contributed by atoms with Crippen LogP contribution < -0.4 is 5.73 Å². The van der Waals surface area contributed by atoms with Crippen molar-refractivity contribution in [2.45, 2.75) is 0 Å². The standard InChI is InChI=1S/C10H9N3O2/c11-10(15)9(14)7-1-3-8(4-2-7)13-6-5-12-13/h1-6,12H,(H2,11,15). The summed E-state index contributed by atoms with van der Waals surface area (Å²) in [5, 5.41) is 2.91. The Morgan fingerprint density at radius 1 is 1.20 bits per heavy atom. The number of carbonyl (C=O) groups excluding carboxylic acids is 2. The number of carbonyl (C=O) groups is 2. The molecule has 2 aromatic rings. The number of aromatic amines is 1. The van der Waals surface area contributed by atoms with Gasteiger partial charge in [-0.25, -0.2) is 0 Å². The summed E-state index contributed by atoms with van der Waals surface area (Å²) < 4.78 is 1.78. The van der Waals surface area contributed by atoms with Crippen molar-refractivity contribution in [2.24, 2.45) is 5.73 Å². The topological polar surface area (TPSA) is 80.9 Å². The van der Waals surface area contributed by atoms with Gasteiger partial charge >= 0.3 is 0 Å². The third kappa shape index (κ3) is 1.67. The van der Waals surface area contributed by atoms with Crippen molar-refractivity contribution < 1.29 is 9.59 Å². The fourth-order valence-electron chi connectivity index (χ4n) is 1.23. The van der Waals surface area contributed by atoms with Crippen LogP contribution in [0.5, 0.6) is 0 Å². The number of rotatable bonds is 3. The Labute approximate surface area is 85.5 Å². The Morgan fingerprint density at radius 3 is 2.20 bits per heavy atom. The van der Waals surface area contributed by atoms with Crippen molar-refractivity contribution in [1.82, 2.24) is 9.78 Å². The monoisotopic (exact) mass is 203 g/mol. The van der Waals surface area contributed by atoms with Crippen LogP contribution in [0.25, 0.3) is 5.69 Å². The first-order valence-corrected chi connectivity index (χ1v) is 4.35. The van der Waals surface area contributed by atoms with Gasteiger partial charge in [0.25, 0.3) is 5.91 Å². The molecule has 5 heteroatoms. The maximum Gasteiger partial charge on any atom is 0.289 e. The Kier molecular flexibility index (Phi) is 2.13. The van der Waals surface area contributed by atoms with Crippen molar-refractivity contribution in [3.63, 3.8) is 0 Å². The minimum absolute atomic E-state index is 0.302. The van der Waals surface area contributed by atoms with Gasteiger partial charge in [0.15, 0.2) is 0 Å². The minimum Gasteiger partial charge on any atom is -0.363 e. The van der Waals surface area contributed by atoms with Crippen LogP contribution >= 0.6 is 0 Å². The van der Waals surface area contributed by atoms with Crippen LogP contribution in [0.15, 0.2) is 36.7 Å². The number of hydrogen-bond acceptors (Lipinski definition) is 2. The number of ketones is 1. The van der Waals surface area contributed by atoms with E-state index in [0.29, 0.717) is 5.56 Å². The number of benzene rings is 1. The molecule has 0 saturated carbocycles. The summed E-state index contributed by atoms with van der Waals surface area (Å²) in [6, 6.07) is 6.59. The summed E-state index contributed by atoms with van der Waals surface area (Å²) in [6.07, 6.45) is 3.62. The highest BCUT2D eigenvalue weighted by atomic mass is 16.2. The largest absolute Gasteiger partial charge is 0.363 e. The van der Waals surface area contributed by atoms with Crippen LogP contribution in [0.2, 0.25) is 0 Å². The molecule has 2 rings (SSSR count). The Bertz CT molecular complexity index is 484. The van der Waals surface area contributed by atoms with Crippen LogP contribution in [-0.4, -0.2) is 21.5 Å².